The van der Waals surface area contributed by atoms with E-state index in [4.69, 9.17) is 18.9 Å². The Morgan fingerprint density at radius 3 is 1.55 bits per heavy atom. The third kappa shape index (κ3) is 4.28. The first-order valence-electron chi connectivity index (χ1n) is 10.6. The summed E-state index contributed by atoms with van der Waals surface area (Å²) in [7, 11) is 3.15. The lowest BCUT2D eigenvalue weighted by Gasteiger charge is -2.27. The maximum Gasteiger partial charge on any atom is 0.259 e. The Labute approximate surface area is 199 Å². The van der Waals surface area contributed by atoms with Crippen LogP contribution < -0.4 is 0 Å². The van der Waals surface area contributed by atoms with Crippen molar-refractivity contribution in [3.8, 4) is 0 Å². The summed E-state index contributed by atoms with van der Waals surface area (Å²) in [5.74, 6) is -1.15. The third-order valence-corrected chi connectivity index (χ3v) is 9.20. The predicted molar refractivity (Wildman–Crippen MR) is 120 cm³/mol. The Morgan fingerprint density at radius 1 is 0.727 bits per heavy atom. The maximum absolute atomic E-state index is 13.6. The van der Waals surface area contributed by atoms with Crippen LogP contribution in [-0.2, 0) is 38.1 Å². The molecule has 1 spiro atoms. The highest BCUT2D eigenvalue weighted by Crippen LogP contribution is 2.70. The fourth-order valence-electron chi connectivity index (χ4n) is 4.10. The molecule has 0 aromatic rings. The summed E-state index contributed by atoms with van der Waals surface area (Å²) in [6.07, 6.45) is 2.49. The predicted octanol–water partition coefficient (Wildman–Crippen LogP) is 0.0350. The van der Waals surface area contributed by atoms with E-state index in [-0.39, 0.29) is 60.2 Å². The van der Waals surface area contributed by atoms with Crippen molar-refractivity contribution in [2.24, 2.45) is 5.41 Å². The molecular weight excluding hydrogens is 472 g/mol. The lowest BCUT2D eigenvalue weighted by molar-refractivity contribution is -0.150. The Hall–Kier alpha value is -1.70. The summed E-state index contributed by atoms with van der Waals surface area (Å²) in [6.45, 7) is 2.50. The molecule has 2 aliphatic carbocycles. The van der Waals surface area contributed by atoms with Crippen molar-refractivity contribution in [2.75, 3.05) is 67.0 Å². The highest BCUT2D eigenvalue weighted by molar-refractivity contribution is 8.13. The number of rotatable bonds is 12. The van der Waals surface area contributed by atoms with Crippen LogP contribution in [0.5, 0.6) is 0 Å². The van der Waals surface area contributed by atoms with Crippen molar-refractivity contribution in [1.82, 2.24) is 10.0 Å². The zero-order chi connectivity index (χ0) is 23.6. The van der Waals surface area contributed by atoms with Crippen molar-refractivity contribution in [1.29, 1.82) is 0 Å². The van der Waals surface area contributed by atoms with Crippen LogP contribution in [0.1, 0.15) is 0 Å². The number of allylic oxidation sites excluding steroid dienone is 4. The van der Waals surface area contributed by atoms with E-state index in [0.717, 1.165) is 0 Å². The van der Waals surface area contributed by atoms with Crippen LogP contribution in [0, 0.1) is 5.41 Å². The topological polar surface area (TPSA) is 112 Å². The largest absolute Gasteiger partial charge is 0.382 e. The molecule has 2 atom stereocenters. The molecule has 1 saturated carbocycles. The zero-order valence-corrected chi connectivity index (χ0v) is 20.1. The van der Waals surface area contributed by atoms with Crippen molar-refractivity contribution >= 4 is 46.9 Å². The molecule has 2 fully saturated rings. The van der Waals surface area contributed by atoms with Crippen molar-refractivity contribution < 1.29 is 38.1 Å². The second kappa shape index (κ2) is 10.3. The normalized spacial score (nSPS) is 25.4. The van der Waals surface area contributed by atoms with Gasteiger partial charge in [0.05, 0.1) is 62.5 Å². The summed E-state index contributed by atoms with van der Waals surface area (Å²) in [5.41, 5.74) is -1.29. The maximum atomic E-state index is 13.6. The van der Waals surface area contributed by atoms with Crippen LogP contribution in [0.25, 0.3) is 0 Å². The minimum absolute atomic E-state index is 0.204. The molecule has 0 aromatic carbocycles. The number of nitrogens with zero attached hydrogens (tertiary/aromatic N) is 2. The molecule has 0 bridgehead atoms. The van der Waals surface area contributed by atoms with Gasteiger partial charge in [-0.1, -0.05) is 0 Å². The summed E-state index contributed by atoms with van der Waals surface area (Å²) >= 11 is 2.36. The van der Waals surface area contributed by atoms with Crippen LogP contribution in [0.2, 0.25) is 0 Å². The number of fused-ring (bicyclic) bond motifs is 3. The summed E-state index contributed by atoms with van der Waals surface area (Å²) in [6, 6.07) is 0. The number of thioether (sulfide) groups is 2. The minimum atomic E-state index is -1.29. The highest BCUT2D eigenvalue weighted by atomic mass is 32.2. The average Bonchev–Trinajstić information content (AvgIpc) is 3.43. The Bertz CT molecular complexity index is 835. The molecule has 180 valence electrons. The van der Waals surface area contributed by atoms with E-state index in [1.165, 1.54) is 45.7 Å². The molecule has 4 aliphatic rings. The van der Waals surface area contributed by atoms with Gasteiger partial charge in [0, 0.05) is 24.7 Å². The second-order valence-electron chi connectivity index (χ2n) is 7.73. The number of hydrogen-bond acceptors (Lipinski definition) is 10. The van der Waals surface area contributed by atoms with Crippen molar-refractivity contribution in [3.05, 3.63) is 22.0 Å². The number of methoxy groups -OCH3 is 2. The fourth-order valence-corrected chi connectivity index (χ4v) is 7.69. The molecule has 0 N–H and O–H groups in total. The van der Waals surface area contributed by atoms with E-state index >= 15 is 0 Å². The summed E-state index contributed by atoms with van der Waals surface area (Å²) in [5, 5.41) is 2.08. The van der Waals surface area contributed by atoms with Crippen molar-refractivity contribution in [2.45, 2.75) is 10.5 Å². The molecule has 2 unspecified atom stereocenters. The Kier molecular flexibility index (Phi) is 7.61. The van der Waals surface area contributed by atoms with E-state index in [2.05, 4.69) is 0 Å². The van der Waals surface area contributed by atoms with Gasteiger partial charge in [-0.15, -0.1) is 23.5 Å². The molecule has 33 heavy (non-hydrogen) atoms. The molecular formula is C21H26N2O8S2. The molecule has 2 amide bonds. The van der Waals surface area contributed by atoms with Crippen LogP contribution in [-0.4, -0.2) is 111 Å². The van der Waals surface area contributed by atoms with E-state index in [1.54, 1.807) is 14.2 Å². The third-order valence-electron chi connectivity index (χ3n) is 5.82. The van der Waals surface area contributed by atoms with Gasteiger partial charge in [0.25, 0.3) is 11.8 Å². The SMILES string of the molecule is COCCOCCN1C(=O)C2(C(=O)N1CCOCCOC)C1SC3=C(SC12)C(=O)C=CC3=O. The number of ether oxygens (including phenoxy) is 4. The standard InChI is InChI=1S/C21H26N2O8S2/c1-28-9-11-30-7-5-22-19(26)21(20(27)23(22)6-8-31-12-10-29-2)17-18(21)33-16-14(25)4-3-13(24)15(16)32-17/h3-4,17-18H,5-12H2,1-2H3. The molecule has 1 saturated heterocycles. The molecule has 12 heteroatoms. The first-order valence-corrected chi connectivity index (χ1v) is 12.4. The van der Waals surface area contributed by atoms with Gasteiger partial charge in [-0.25, -0.2) is 10.0 Å². The molecule has 2 aliphatic heterocycles. The highest BCUT2D eigenvalue weighted by Gasteiger charge is 2.82. The van der Waals surface area contributed by atoms with Crippen LogP contribution in [0.4, 0.5) is 0 Å². The number of hydrazine groups is 1. The molecule has 0 aromatic heterocycles. The van der Waals surface area contributed by atoms with Gasteiger partial charge >= 0.3 is 0 Å². The lowest BCUT2D eigenvalue weighted by atomic mass is 10.1. The molecule has 2 heterocycles. The van der Waals surface area contributed by atoms with Gasteiger partial charge in [0.1, 0.15) is 0 Å². The molecule has 10 nitrogen and oxygen atoms in total. The number of ketones is 2. The zero-order valence-electron chi connectivity index (χ0n) is 18.4. The number of amides is 2. The summed E-state index contributed by atoms with van der Waals surface area (Å²) < 4.78 is 21.0. The van der Waals surface area contributed by atoms with Gasteiger partial charge in [0.2, 0.25) is 0 Å². The lowest BCUT2D eigenvalue weighted by Crippen LogP contribution is -2.44. The van der Waals surface area contributed by atoms with E-state index in [9.17, 15) is 19.2 Å². The smallest absolute Gasteiger partial charge is 0.259 e. The van der Waals surface area contributed by atoms with E-state index in [1.807, 2.05) is 0 Å². The Balaban J connectivity index is 1.48. The van der Waals surface area contributed by atoms with Crippen LogP contribution in [0.15, 0.2) is 22.0 Å². The minimum Gasteiger partial charge on any atom is -0.382 e. The number of carbonyl (C=O) groups is 4. The van der Waals surface area contributed by atoms with E-state index < -0.39 is 5.41 Å². The monoisotopic (exact) mass is 498 g/mol. The van der Waals surface area contributed by atoms with Gasteiger partial charge < -0.3 is 18.9 Å². The first kappa shape index (κ1) is 24.4. The van der Waals surface area contributed by atoms with Gasteiger partial charge in [-0.3, -0.25) is 19.2 Å². The van der Waals surface area contributed by atoms with E-state index in [0.29, 0.717) is 36.2 Å². The van der Waals surface area contributed by atoms with Crippen molar-refractivity contribution in [3.63, 3.8) is 0 Å². The summed E-state index contributed by atoms with van der Waals surface area (Å²) in [4.78, 5) is 52.5. The fraction of sp³-hybridized carbons (Fsp3) is 0.619. The first-order chi connectivity index (χ1) is 16.0. The molecule has 0 radical (unpaired) electrons. The second-order valence-corrected chi connectivity index (χ2v) is 10.0. The van der Waals surface area contributed by atoms with Crippen LogP contribution >= 0.6 is 23.5 Å². The Morgan fingerprint density at radius 2 is 1.15 bits per heavy atom. The van der Waals surface area contributed by atoms with Crippen LogP contribution in [0.3, 0.4) is 0 Å². The quantitative estimate of drug-likeness (QED) is 0.208. The van der Waals surface area contributed by atoms with Gasteiger partial charge in [0.15, 0.2) is 17.0 Å². The average molecular weight is 499 g/mol. The van der Waals surface area contributed by atoms with Gasteiger partial charge in [-0.2, -0.15) is 0 Å². The van der Waals surface area contributed by atoms with Gasteiger partial charge in [-0.05, 0) is 12.2 Å². The number of carbonyl (C=O) groups excluding carboxylic acids is 4. The molecule has 4 rings (SSSR count). The number of hydrogen-bond donors (Lipinski definition) is 0.